The van der Waals surface area contributed by atoms with Crippen LogP contribution in [0.5, 0.6) is 0 Å². The van der Waals surface area contributed by atoms with E-state index in [0.29, 0.717) is 5.92 Å². The summed E-state index contributed by atoms with van der Waals surface area (Å²) in [5.74, 6) is 0.664. The molecule has 0 amide bonds. The zero-order chi connectivity index (χ0) is 16.8. The maximum atomic E-state index is 10.3. The fourth-order valence-electron chi connectivity index (χ4n) is 5.11. The largest absolute Gasteiger partial charge is 0.324 e. The second kappa shape index (κ2) is 5.98. The molecule has 2 nitrogen and oxygen atoms in total. The third kappa shape index (κ3) is 2.45. The first-order valence-corrected chi connectivity index (χ1v) is 10.6. The Kier molecular flexibility index (Phi) is 4.07. The molecule has 2 aliphatic heterocycles. The second-order valence-electron chi connectivity index (χ2n) is 8.03. The molecule has 2 aromatic heterocycles. The highest BCUT2D eigenvalue weighted by Crippen LogP contribution is 2.49. The van der Waals surface area contributed by atoms with Crippen molar-refractivity contribution in [1.29, 1.82) is 5.26 Å². The van der Waals surface area contributed by atoms with E-state index in [1.54, 1.807) is 22.7 Å². The van der Waals surface area contributed by atoms with E-state index in [1.807, 2.05) is 0 Å². The monoisotopic (exact) mass is 357 g/mol. The van der Waals surface area contributed by atoms with Crippen LogP contribution >= 0.6 is 22.7 Å². The van der Waals surface area contributed by atoms with Crippen LogP contribution in [-0.2, 0) is 5.41 Å². The van der Waals surface area contributed by atoms with Gasteiger partial charge in [0.05, 0.1) is 32.2 Å². The van der Waals surface area contributed by atoms with Crippen molar-refractivity contribution in [3.05, 3.63) is 44.8 Å². The molecule has 2 atom stereocenters. The fourth-order valence-corrected chi connectivity index (χ4v) is 6.98. The summed E-state index contributed by atoms with van der Waals surface area (Å²) in [5, 5.41) is 14.5. The van der Waals surface area contributed by atoms with E-state index < -0.39 is 5.41 Å². The standard InChI is InChI=1S/C20H25N2S2/c1-22(2)16-7-8-17(22)12-15(11-16)13-20(14-21,18-5-3-9-23-18)19-6-4-10-24-19/h3-6,9-10,15-17H,7-8,11-13H2,1-2H3/q+1. The van der Waals surface area contributed by atoms with Gasteiger partial charge in [-0.25, -0.2) is 0 Å². The topological polar surface area (TPSA) is 23.8 Å². The molecule has 24 heavy (non-hydrogen) atoms. The van der Waals surface area contributed by atoms with E-state index in [0.717, 1.165) is 18.5 Å². The molecule has 2 fully saturated rings. The molecule has 0 aliphatic carbocycles. The van der Waals surface area contributed by atoms with Crippen LogP contribution in [0.3, 0.4) is 0 Å². The van der Waals surface area contributed by atoms with Crippen LogP contribution in [-0.4, -0.2) is 30.7 Å². The maximum Gasteiger partial charge on any atom is 0.126 e. The smallest absolute Gasteiger partial charge is 0.126 e. The molecule has 2 aromatic rings. The summed E-state index contributed by atoms with van der Waals surface area (Å²) in [6.07, 6.45) is 6.28. The molecule has 4 rings (SSSR count). The predicted molar refractivity (Wildman–Crippen MR) is 101 cm³/mol. The van der Waals surface area contributed by atoms with Gasteiger partial charge in [0.2, 0.25) is 0 Å². The molecule has 2 aliphatic rings. The van der Waals surface area contributed by atoms with Gasteiger partial charge in [-0.3, -0.25) is 0 Å². The van der Waals surface area contributed by atoms with Gasteiger partial charge in [0, 0.05) is 35.4 Å². The van der Waals surface area contributed by atoms with Gasteiger partial charge in [0.25, 0.3) is 0 Å². The van der Waals surface area contributed by atoms with E-state index in [9.17, 15) is 5.26 Å². The molecule has 0 N–H and O–H groups in total. The van der Waals surface area contributed by atoms with Crippen LogP contribution in [0.25, 0.3) is 0 Å². The molecule has 4 heteroatoms. The van der Waals surface area contributed by atoms with Crippen LogP contribution in [0.1, 0.15) is 41.9 Å². The van der Waals surface area contributed by atoms with Gasteiger partial charge in [-0.15, -0.1) is 22.7 Å². The van der Waals surface area contributed by atoms with Gasteiger partial charge in [0.1, 0.15) is 5.41 Å². The average molecular weight is 358 g/mol. The first-order chi connectivity index (χ1) is 11.6. The van der Waals surface area contributed by atoms with Gasteiger partial charge in [-0.2, -0.15) is 5.26 Å². The van der Waals surface area contributed by atoms with E-state index in [-0.39, 0.29) is 0 Å². The number of fused-ring (bicyclic) bond motifs is 2. The summed E-state index contributed by atoms with van der Waals surface area (Å²) in [6.45, 7) is 0. The Hall–Kier alpha value is -1.15. The van der Waals surface area contributed by atoms with E-state index in [4.69, 9.17) is 0 Å². The maximum absolute atomic E-state index is 10.3. The number of thiophene rings is 2. The van der Waals surface area contributed by atoms with Crippen LogP contribution in [0, 0.1) is 17.2 Å². The summed E-state index contributed by atoms with van der Waals surface area (Å²) in [5.41, 5.74) is -0.444. The minimum absolute atomic E-state index is 0.444. The highest BCUT2D eigenvalue weighted by molar-refractivity contribution is 7.11. The van der Waals surface area contributed by atoms with Crippen LogP contribution < -0.4 is 0 Å². The highest BCUT2D eigenvalue weighted by Gasteiger charge is 2.51. The van der Waals surface area contributed by atoms with Crippen molar-refractivity contribution in [3.8, 4) is 6.07 Å². The molecule has 126 valence electrons. The number of rotatable bonds is 4. The summed E-state index contributed by atoms with van der Waals surface area (Å²) >= 11 is 3.48. The Bertz CT molecular complexity index is 674. The Labute approximate surface area is 152 Å². The molecular formula is C20H25N2S2+. The molecule has 2 bridgehead atoms. The molecular weight excluding hydrogens is 332 g/mol. The normalized spacial score (nSPS) is 28.6. The number of piperidine rings is 1. The van der Waals surface area contributed by atoms with E-state index in [2.05, 4.69) is 55.2 Å². The van der Waals surface area contributed by atoms with Crippen molar-refractivity contribution in [2.24, 2.45) is 5.92 Å². The molecule has 4 heterocycles. The van der Waals surface area contributed by atoms with Crippen molar-refractivity contribution >= 4 is 22.7 Å². The number of hydrogen-bond acceptors (Lipinski definition) is 3. The summed E-state index contributed by atoms with van der Waals surface area (Å²) in [6, 6.07) is 12.8. The summed E-state index contributed by atoms with van der Waals surface area (Å²) < 4.78 is 1.20. The minimum Gasteiger partial charge on any atom is -0.324 e. The predicted octanol–water partition coefficient (Wildman–Crippen LogP) is 5.03. The Balaban J connectivity index is 1.66. The average Bonchev–Trinajstić information content (AvgIpc) is 3.28. The van der Waals surface area contributed by atoms with E-state index in [1.165, 1.54) is 39.9 Å². The molecule has 0 aromatic carbocycles. The van der Waals surface area contributed by atoms with Gasteiger partial charge >= 0.3 is 0 Å². The van der Waals surface area contributed by atoms with Crippen LogP contribution in [0.15, 0.2) is 35.0 Å². The number of quaternary nitrogens is 1. The van der Waals surface area contributed by atoms with Crippen molar-refractivity contribution < 1.29 is 4.48 Å². The van der Waals surface area contributed by atoms with Crippen LogP contribution in [0.2, 0.25) is 0 Å². The molecule has 0 spiro atoms. The minimum atomic E-state index is -0.444. The zero-order valence-electron chi connectivity index (χ0n) is 14.4. The lowest BCUT2D eigenvalue weighted by molar-refractivity contribution is -0.931. The zero-order valence-corrected chi connectivity index (χ0v) is 16.1. The van der Waals surface area contributed by atoms with Crippen molar-refractivity contribution in [1.82, 2.24) is 0 Å². The van der Waals surface area contributed by atoms with Crippen LogP contribution in [0.4, 0.5) is 0 Å². The Morgan fingerprint density at radius 3 is 2.04 bits per heavy atom. The quantitative estimate of drug-likeness (QED) is 0.704. The van der Waals surface area contributed by atoms with Gasteiger partial charge in [-0.05, 0) is 35.2 Å². The lowest BCUT2D eigenvalue weighted by Crippen LogP contribution is -2.55. The number of hydrogen-bond donors (Lipinski definition) is 0. The van der Waals surface area contributed by atoms with Gasteiger partial charge in [-0.1, -0.05) is 12.1 Å². The third-order valence-corrected chi connectivity index (χ3v) is 8.66. The Morgan fingerprint density at radius 1 is 1.08 bits per heavy atom. The highest BCUT2D eigenvalue weighted by atomic mass is 32.1. The van der Waals surface area contributed by atoms with E-state index >= 15 is 0 Å². The summed E-state index contributed by atoms with van der Waals surface area (Å²) in [4.78, 5) is 2.44. The molecule has 2 saturated heterocycles. The first kappa shape index (κ1) is 16.3. The van der Waals surface area contributed by atoms with Crippen molar-refractivity contribution in [2.45, 2.75) is 49.6 Å². The molecule has 0 radical (unpaired) electrons. The number of nitrogens with zero attached hydrogens (tertiary/aromatic N) is 2. The number of nitriles is 1. The Morgan fingerprint density at radius 2 is 1.62 bits per heavy atom. The molecule has 0 saturated carbocycles. The van der Waals surface area contributed by atoms with Crippen molar-refractivity contribution in [2.75, 3.05) is 14.1 Å². The molecule has 2 unspecified atom stereocenters. The van der Waals surface area contributed by atoms with Gasteiger partial charge in [0.15, 0.2) is 0 Å². The summed E-state index contributed by atoms with van der Waals surface area (Å²) in [7, 11) is 4.82. The lowest BCUT2D eigenvalue weighted by atomic mass is 9.73. The third-order valence-electron chi connectivity index (χ3n) is 6.60. The first-order valence-electron chi connectivity index (χ1n) is 8.89. The SMILES string of the molecule is C[N+]1(C)C2CCC1CC(CC(C#N)(c1cccs1)c1cccs1)C2. The fraction of sp³-hybridized carbons (Fsp3) is 0.550. The second-order valence-corrected chi connectivity index (χ2v) is 9.92. The van der Waals surface area contributed by atoms with Gasteiger partial charge < -0.3 is 4.48 Å². The lowest BCUT2D eigenvalue weighted by Gasteiger charge is -2.45. The van der Waals surface area contributed by atoms with Crippen molar-refractivity contribution in [3.63, 3.8) is 0 Å².